The standard InChI is InChI=1S/C8H11N3O3/c9-4-5(8(12)13)6-3-7-11(10-6)1-2-14-7/h3,5H,1-2,4,9H2,(H,12,13). The number of nitrogens with two attached hydrogens (primary N) is 1. The summed E-state index contributed by atoms with van der Waals surface area (Å²) in [5.74, 6) is -1.07. The average molecular weight is 197 g/mol. The Morgan fingerprint density at radius 2 is 2.64 bits per heavy atom. The van der Waals surface area contributed by atoms with Crippen molar-refractivity contribution in [1.29, 1.82) is 0 Å². The first-order valence-corrected chi connectivity index (χ1v) is 4.36. The van der Waals surface area contributed by atoms with E-state index in [1.807, 2.05) is 0 Å². The number of fused-ring (bicyclic) bond motifs is 1. The van der Waals surface area contributed by atoms with E-state index in [1.54, 1.807) is 10.7 Å². The molecule has 76 valence electrons. The number of rotatable bonds is 3. The van der Waals surface area contributed by atoms with Crippen LogP contribution in [0.2, 0.25) is 0 Å². The zero-order chi connectivity index (χ0) is 10.1. The van der Waals surface area contributed by atoms with Gasteiger partial charge >= 0.3 is 5.97 Å². The number of carbonyl (C=O) groups is 1. The number of hydrogen-bond donors (Lipinski definition) is 2. The molecule has 6 nitrogen and oxygen atoms in total. The summed E-state index contributed by atoms with van der Waals surface area (Å²) in [4.78, 5) is 10.8. The van der Waals surface area contributed by atoms with Crippen LogP contribution in [0.3, 0.4) is 0 Å². The van der Waals surface area contributed by atoms with Gasteiger partial charge in [0.05, 0.1) is 12.2 Å². The van der Waals surface area contributed by atoms with Gasteiger partial charge in [-0.05, 0) is 0 Å². The van der Waals surface area contributed by atoms with E-state index in [0.717, 1.165) is 0 Å². The molecular formula is C8H11N3O3. The van der Waals surface area contributed by atoms with Gasteiger partial charge in [-0.3, -0.25) is 4.79 Å². The Bertz CT molecular complexity index is 339. The van der Waals surface area contributed by atoms with Crippen molar-refractivity contribution in [1.82, 2.24) is 9.78 Å². The molecule has 2 rings (SSSR count). The van der Waals surface area contributed by atoms with Gasteiger partial charge < -0.3 is 15.6 Å². The summed E-state index contributed by atoms with van der Waals surface area (Å²) in [6.45, 7) is 1.32. The van der Waals surface area contributed by atoms with Crippen LogP contribution in [0.4, 0.5) is 0 Å². The van der Waals surface area contributed by atoms with Crippen molar-refractivity contribution >= 4 is 5.97 Å². The number of aromatic nitrogens is 2. The fraction of sp³-hybridized carbons (Fsp3) is 0.500. The van der Waals surface area contributed by atoms with Crippen molar-refractivity contribution in [2.45, 2.75) is 12.5 Å². The summed E-state index contributed by atoms with van der Waals surface area (Å²) >= 11 is 0. The number of carboxylic acids is 1. The molecule has 0 saturated carbocycles. The molecule has 1 aromatic rings. The molecule has 3 N–H and O–H groups in total. The Morgan fingerprint density at radius 3 is 3.21 bits per heavy atom. The highest BCUT2D eigenvalue weighted by molar-refractivity contribution is 5.75. The minimum Gasteiger partial charge on any atom is -0.481 e. The largest absolute Gasteiger partial charge is 0.481 e. The fourth-order valence-electron chi connectivity index (χ4n) is 1.45. The molecule has 14 heavy (non-hydrogen) atoms. The van der Waals surface area contributed by atoms with E-state index in [9.17, 15) is 4.79 Å². The molecule has 1 aromatic heterocycles. The second-order valence-corrected chi connectivity index (χ2v) is 3.11. The van der Waals surface area contributed by atoms with E-state index in [2.05, 4.69) is 5.10 Å². The van der Waals surface area contributed by atoms with Gasteiger partial charge in [-0.2, -0.15) is 5.10 Å². The number of nitrogens with zero attached hydrogens (tertiary/aromatic N) is 2. The van der Waals surface area contributed by atoms with E-state index in [1.165, 1.54) is 0 Å². The van der Waals surface area contributed by atoms with Crippen LogP contribution in [0.1, 0.15) is 11.6 Å². The Hall–Kier alpha value is -1.56. The van der Waals surface area contributed by atoms with Gasteiger partial charge in [-0.1, -0.05) is 0 Å². The molecule has 0 bridgehead atoms. The van der Waals surface area contributed by atoms with Crippen molar-refractivity contribution in [2.24, 2.45) is 5.73 Å². The van der Waals surface area contributed by atoms with E-state index in [-0.39, 0.29) is 6.54 Å². The molecule has 1 aliphatic rings. The van der Waals surface area contributed by atoms with E-state index in [0.29, 0.717) is 24.7 Å². The SMILES string of the molecule is NCC(C(=O)O)c1cc2n(n1)CCO2. The Morgan fingerprint density at radius 1 is 1.86 bits per heavy atom. The molecule has 1 atom stereocenters. The first-order valence-electron chi connectivity index (χ1n) is 4.36. The highest BCUT2D eigenvalue weighted by atomic mass is 16.5. The molecule has 0 spiro atoms. The van der Waals surface area contributed by atoms with Gasteiger partial charge in [0.1, 0.15) is 12.5 Å². The second kappa shape index (κ2) is 3.30. The van der Waals surface area contributed by atoms with Gasteiger partial charge in [-0.15, -0.1) is 0 Å². The van der Waals surface area contributed by atoms with Crippen LogP contribution in [0, 0.1) is 0 Å². The molecule has 1 unspecified atom stereocenters. The van der Waals surface area contributed by atoms with Crippen LogP contribution < -0.4 is 10.5 Å². The normalized spacial score (nSPS) is 16.1. The summed E-state index contributed by atoms with van der Waals surface area (Å²) in [7, 11) is 0. The number of aliphatic carboxylic acids is 1. The van der Waals surface area contributed by atoms with Crippen molar-refractivity contribution in [3.63, 3.8) is 0 Å². The molecular weight excluding hydrogens is 186 g/mol. The van der Waals surface area contributed by atoms with Crippen LogP contribution in [0.15, 0.2) is 6.07 Å². The molecule has 0 aromatic carbocycles. The zero-order valence-corrected chi connectivity index (χ0v) is 7.51. The lowest BCUT2D eigenvalue weighted by Gasteiger charge is -2.04. The summed E-state index contributed by atoms with van der Waals surface area (Å²) in [5, 5.41) is 13.0. The topological polar surface area (TPSA) is 90.4 Å². The highest BCUT2D eigenvalue weighted by Crippen LogP contribution is 2.23. The van der Waals surface area contributed by atoms with Gasteiger partial charge in [0.15, 0.2) is 0 Å². The molecule has 2 heterocycles. The molecule has 0 aliphatic carbocycles. The monoisotopic (exact) mass is 197 g/mol. The van der Waals surface area contributed by atoms with Gasteiger partial charge in [0.2, 0.25) is 5.88 Å². The highest BCUT2D eigenvalue weighted by Gasteiger charge is 2.24. The van der Waals surface area contributed by atoms with Crippen LogP contribution >= 0.6 is 0 Å². The quantitative estimate of drug-likeness (QED) is 0.675. The minimum absolute atomic E-state index is 0.0474. The third kappa shape index (κ3) is 1.33. The Kier molecular flexibility index (Phi) is 2.12. The predicted octanol–water partition coefficient (Wildman–Crippen LogP) is -0.598. The van der Waals surface area contributed by atoms with Gasteiger partial charge in [0, 0.05) is 12.6 Å². The maximum atomic E-state index is 10.8. The smallest absolute Gasteiger partial charge is 0.313 e. The maximum absolute atomic E-state index is 10.8. The molecule has 0 amide bonds. The van der Waals surface area contributed by atoms with Crippen molar-refractivity contribution < 1.29 is 14.6 Å². The lowest BCUT2D eigenvalue weighted by atomic mass is 10.1. The van der Waals surface area contributed by atoms with Crippen molar-refractivity contribution in [2.75, 3.05) is 13.2 Å². The van der Waals surface area contributed by atoms with Crippen LogP contribution in [-0.4, -0.2) is 34.0 Å². The molecule has 0 fully saturated rings. The minimum atomic E-state index is -0.954. The average Bonchev–Trinajstić information content (AvgIpc) is 2.63. The summed E-state index contributed by atoms with van der Waals surface area (Å²) < 4.78 is 6.87. The first-order chi connectivity index (χ1) is 6.72. The first kappa shape index (κ1) is 9.01. The number of hydrogen-bond acceptors (Lipinski definition) is 4. The summed E-state index contributed by atoms with van der Waals surface area (Å²) in [6.07, 6.45) is 0. The number of carboxylic acid groups (broad SMARTS) is 1. The third-order valence-electron chi connectivity index (χ3n) is 2.21. The maximum Gasteiger partial charge on any atom is 0.313 e. The molecule has 0 saturated heterocycles. The third-order valence-corrected chi connectivity index (χ3v) is 2.21. The van der Waals surface area contributed by atoms with Crippen LogP contribution in [-0.2, 0) is 11.3 Å². The number of ether oxygens (including phenoxy) is 1. The molecule has 6 heteroatoms. The Labute approximate surface area is 80.3 Å². The van der Waals surface area contributed by atoms with Crippen LogP contribution in [0.25, 0.3) is 0 Å². The Balaban J connectivity index is 2.27. The fourth-order valence-corrected chi connectivity index (χ4v) is 1.45. The van der Waals surface area contributed by atoms with Crippen molar-refractivity contribution in [3.8, 4) is 5.88 Å². The van der Waals surface area contributed by atoms with E-state index < -0.39 is 11.9 Å². The second-order valence-electron chi connectivity index (χ2n) is 3.11. The van der Waals surface area contributed by atoms with Crippen LogP contribution in [0.5, 0.6) is 5.88 Å². The molecule has 1 aliphatic heterocycles. The summed E-state index contributed by atoms with van der Waals surface area (Å²) in [6, 6.07) is 1.64. The lowest BCUT2D eigenvalue weighted by Crippen LogP contribution is -2.21. The van der Waals surface area contributed by atoms with Gasteiger partial charge in [0.25, 0.3) is 0 Å². The summed E-state index contributed by atoms with van der Waals surface area (Å²) in [5.41, 5.74) is 5.82. The van der Waals surface area contributed by atoms with E-state index >= 15 is 0 Å². The predicted molar refractivity (Wildman–Crippen MR) is 47.2 cm³/mol. The van der Waals surface area contributed by atoms with Crippen molar-refractivity contribution in [3.05, 3.63) is 11.8 Å². The van der Waals surface area contributed by atoms with Gasteiger partial charge in [-0.25, -0.2) is 4.68 Å². The lowest BCUT2D eigenvalue weighted by molar-refractivity contribution is -0.138. The molecule has 0 radical (unpaired) electrons. The zero-order valence-electron chi connectivity index (χ0n) is 7.51. The van der Waals surface area contributed by atoms with E-state index in [4.69, 9.17) is 15.6 Å².